The molecule has 0 spiro atoms. The Labute approximate surface area is 123 Å². The highest BCUT2D eigenvalue weighted by Crippen LogP contribution is 2.42. The number of aromatic nitrogens is 2. The first kappa shape index (κ1) is 13.7. The second-order valence-corrected chi connectivity index (χ2v) is 6.37. The van der Waals surface area contributed by atoms with Crippen LogP contribution in [0.2, 0.25) is 0 Å². The maximum atomic E-state index is 5.84. The van der Waals surface area contributed by atoms with Gasteiger partial charge in [0, 0.05) is 22.9 Å². The molecule has 2 aromatic rings. The highest BCUT2D eigenvalue weighted by molar-refractivity contribution is 8.00. The van der Waals surface area contributed by atoms with Crippen molar-refractivity contribution in [3.8, 4) is 0 Å². The number of aryl methyl sites for hydroxylation is 1. The Morgan fingerprint density at radius 1 is 1.45 bits per heavy atom. The number of hydrazine groups is 1. The Morgan fingerprint density at radius 2 is 2.30 bits per heavy atom. The molecule has 2 heterocycles. The van der Waals surface area contributed by atoms with Crippen LogP contribution in [0.5, 0.6) is 0 Å². The topological polar surface area (TPSA) is 55.9 Å². The maximum Gasteiger partial charge on any atom is 0.0754 e. The largest absolute Gasteiger partial charge is 0.271 e. The SMILES string of the molecule is CCCn1nccc1C(NN)C1Cc2ccccc2S1. The van der Waals surface area contributed by atoms with Gasteiger partial charge in [-0.05, 0) is 30.5 Å². The second-order valence-electron chi connectivity index (χ2n) is 5.09. The second kappa shape index (κ2) is 5.99. The minimum absolute atomic E-state index is 0.126. The van der Waals surface area contributed by atoms with E-state index in [2.05, 4.69) is 52.5 Å². The fourth-order valence-corrected chi connectivity index (χ4v) is 4.19. The van der Waals surface area contributed by atoms with Gasteiger partial charge in [0.05, 0.1) is 11.7 Å². The van der Waals surface area contributed by atoms with Crippen molar-refractivity contribution in [1.82, 2.24) is 15.2 Å². The van der Waals surface area contributed by atoms with E-state index in [0.717, 1.165) is 19.4 Å². The molecule has 2 unspecified atom stereocenters. The highest BCUT2D eigenvalue weighted by Gasteiger charge is 2.31. The zero-order valence-electron chi connectivity index (χ0n) is 11.6. The molecule has 2 atom stereocenters. The van der Waals surface area contributed by atoms with Crippen molar-refractivity contribution in [3.63, 3.8) is 0 Å². The van der Waals surface area contributed by atoms with Gasteiger partial charge in [-0.25, -0.2) is 0 Å². The molecule has 106 valence electrons. The van der Waals surface area contributed by atoms with Gasteiger partial charge in [0.2, 0.25) is 0 Å². The molecule has 0 bridgehead atoms. The summed E-state index contributed by atoms with van der Waals surface area (Å²) in [5.41, 5.74) is 5.60. The Hall–Kier alpha value is -1.30. The summed E-state index contributed by atoms with van der Waals surface area (Å²) in [7, 11) is 0. The molecule has 0 fully saturated rings. The van der Waals surface area contributed by atoms with Gasteiger partial charge in [-0.15, -0.1) is 11.8 Å². The average Bonchev–Trinajstić information content (AvgIpc) is 3.07. The smallest absolute Gasteiger partial charge is 0.0754 e. The molecular formula is C15H20N4S. The molecule has 0 aliphatic carbocycles. The zero-order chi connectivity index (χ0) is 13.9. The third-order valence-corrected chi connectivity index (χ3v) is 5.12. The van der Waals surface area contributed by atoms with E-state index in [9.17, 15) is 0 Å². The van der Waals surface area contributed by atoms with E-state index in [4.69, 9.17) is 5.84 Å². The van der Waals surface area contributed by atoms with Crippen LogP contribution in [-0.2, 0) is 13.0 Å². The van der Waals surface area contributed by atoms with Crippen LogP contribution in [0.25, 0.3) is 0 Å². The number of hydrogen-bond acceptors (Lipinski definition) is 4. The summed E-state index contributed by atoms with van der Waals surface area (Å²) < 4.78 is 2.06. The van der Waals surface area contributed by atoms with Gasteiger partial charge in [0.1, 0.15) is 0 Å². The first-order valence-electron chi connectivity index (χ1n) is 7.06. The number of nitrogens with two attached hydrogens (primary N) is 1. The van der Waals surface area contributed by atoms with Crippen LogP contribution in [0, 0.1) is 0 Å². The van der Waals surface area contributed by atoms with Crippen molar-refractivity contribution in [1.29, 1.82) is 0 Å². The molecule has 0 saturated heterocycles. The lowest BCUT2D eigenvalue weighted by atomic mass is 10.0. The predicted octanol–water partition coefficient (Wildman–Crippen LogP) is 2.51. The summed E-state index contributed by atoms with van der Waals surface area (Å²) in [6.07, 6.45) is 3.99. The summed E-state index contributed by atoms with van der Waals surface area (Å²) in [4.78, 5) is 1.37. The van der Waals surface area contributed by atoms with Crippen LogP contribution in [0.1, 0.15) is 30.6 Å². The zero-order valence-corrected chi connectivity index (χ0v) is 12.4. The first-order valence-corrected chi connectivity index (χ1v) is 7.94. The normalized spacial score (nSPS) is 19.0. The van der Waals surface area contributed by atoms with E-state index in [1.165, 1.54) is 16.2 Å². The molecular weight excluding hydrogens is 268 g/mol. The molecule has 4 nitrogen and oxygen atoms in total. The molecule has 20 heavy (non-hydrogen) atoms. The van der Waals surface area contributed by atoms with Gasteiger partial charge >= 0.3 is 0 Å². The molecule has 1 aliphatic heterocycles. The van der Waals surface area contributed by atoms with Crippen molar-refractivity contribution in [2.45, 2.75) is 42.5 Å². The van der Waals surface area contributed by atoms with Crippen LogP contribution in [-0.4, -0.2) is 15.0 Å². The standard InChI is InChI=1S/C15H20N4S/c1-2-9-19-12(7-8-17-19)15(18-16)14-10-11-5-3-4-6-13(11)20-14/h3-8,14-15,18H,2,9-10,16H2,1H3. The van der Waals surface area contributed by atoms with E-state index >= 15 is 0 Å². The molecule has 5 heteroatoms. The number of nitrogens with one attached hydrogen (secondary N) is 1. The Bertz CT molecular complexity index is 556. The minimum atomic E-state index is 0.126. The van der Waals surface area contributed by atoms with Crippen LogP contribution < -0.4 is 11.3 Å². The van der Waals surface area contributed by atoms with Gasteiger partial charge in [0.15, 0.2) is 0 Å². The van der Waals surface area contributed by atoms with E-state index < -0.39 is 0 Å². The maximum absolute atomic E-state index is 5.84. The van der Waals surface area contributed by atoms with E-state index in [0.29, 0.717) is 5.25 Å². The summed E-state index contributed by atoms with van der Waals surface area (Å²) in [5, 5.41) is 4.83. The molecule has 1 aromatic carbocycles. The van der Waals surface area contributed by atoms with Crippen LogP contribution in [0.15, 0.2) is 41.4 Å². The van der Waals surface area contributed by atoms with Gasteiger partial charge in [-0.3, -0.25) is 16.0 Å². The number of hydrogen-bond donors (Lipinski definition) is 2. The Morgan fingerprint density at radius 3 is 3.05 bits per heavy atom. The molecule has 1 aliphatic rings. The van der Waals surface area contributed by atoms with E-state index in [1.54, 1.807) is 0 Å². The van der Waals surface area contributed by atoms with Crippen LogP contribution in [0.3, 0.4) is 0 Å². The predicted molar refractivity (Wildman–Crippen MR) is 82.4 cm³/mol. The molecule has 0 radical (unpaired) electrons. The first-order chi connectivity index (χ1) is 9.83. The number of rotatable bonds is 5. The van der Waals surface area contributed by atoms with Crippen molar-refractivity contribution < 1.29 is 0 Å². The molecule has 0 saturated carbocycles. The lowest BCUT2D eigenvalue weighted by Gasteiger charge is -2.23. The summed E-state index contributed by atoms with van der Waals surface area (Å²) in [6, 6.07) is 10.8. The summed E-state index contributed by atoms with van der Waals surface area (Å²) in [6.45, 7) is 3.10. The van der Waals surface area contributed by atoms with Crippen molar-refractivity contribution in [2.24, 2.45) is 5.84 Å². The van der Waals surface area contributed by atoms with Crippen molar-refractivity contribution >= 4 is 11.8 Å². The number of benzene rings is 1. The Kier molecular flexibility index (Phi) is 4.10. The Balaban J connectivity index is 1.83. The molecule has 0 amide bonds. The molecule has 3 N–H and O–H groups in total. The quantitative estimate of drug-likeness (QED) is 0.656. The molecule has 1 aromatic heterocycles. The molecule has 3 rings (SSSR count). The lowest BCUT2D eigenvalue weighted by molar-refractivity contribution is 0.468. The van der Waals surface area contributed by atoms with Crippen molar-refractivity contribution in [3.05, 3.63) is 47.8 Å². The fourth-order valence-electron chi connectivity index (χ4n) is 2.78. The number of nitrogens with zero attached hydrogens (tertiary/aromatic N) is 2. The fraction of sp³-hybridized carbons (Fsp3) is 0.400. The monoisotopic (exact) mass is 288 g/mol. The van der Waals surface area contributed by atoms with Crippen molar-refractivity contribution in [2.75, 3.05) is 0 Å². The average molecular weight is 288 g/mol. The van der Waals surface area contributed by atoms with Crippen LogP contribution in [0.4, 0.5) is 0 Å². The summed E-state index contributed by atoms with van der Waals surface area (Å²) >= 11 is 1.91. The van der Waals surface area contributed by atoms with Gasteiger partial charge in [-0.1, -0.05) is 25.1 Å². The lowest BCUT2D eigenvalue weighted by Crippen LogP contribution is -2.36. The van der Waals surface area contributed by atoms with Gasteiger partial charge in [0.25, 0.3) is 0 Å². The highest BCUT2D eigenvalue weighted by atomic mass is 32.2. The van der Waals surface area contributed by atoms with Gasteiger partial charge < -0.3 is 0 Å². The summed E-state index contributed by atoms with van der Waals surface area (Å²) in [5.74, 6) is 5.84. The number of thioether (sulfide) groups is 1. The third-order valence-electron chi connectivity index (χ3n) is 3.73. The number of fused-ring (bicyclic) bond motifs is 1. The van der Waals surface area contributed by atoms with Gasteiger partial charge in [-0.2, -0.15) is 5.10 Å². The van der Waals surface area contributed by atoms with Crippen LogP contribution >= 0.6 is 11.8 Å². The van der Waals surface area contributed by atoms with E-state index in [1.807, 2.05) is 18.0 Å². The third kappa shape index (κ3) is 2.49. The van der Waals surface area contributed by atoms with E-state index in [-0.39, 0.29) is 6.04 Å². The minimum Gasteiger partial charge on any atom is -0.271 e.